The van der Waals surface area contributed by atoms with Gasteiger partial charge < -0.3 is 25.0 Å². The molecule has 2 heterocycles. The van der Waals surface area contributed by atoms with Crippen LogP contribution in [0.25, 0.3) is 0 Å². The molecule has 3 N–H and O–H groups in total. The number of benzene rings is 3. The highest BCUT2D eigenvalue weighted by atomic mass is 19.1. The van der Waals surface area contributed by atoms with Crippen molar-refractivity contribution in [1.29, 1.82) is 0 Å². The van der Waals surface area contributed by atoms with E-state index < -0.39 is 18.8 Å². The third kappa shape index (κ3) is 4.87. The Morgan fingerprint density at radius 1 is 1.08 bits per heavy atom. The number of nitrogens with two attached hydrogens (primary N) is 1. The lowest BCUT2D eigenvalue weighted by Crippen LogP contribution is -2.55. The molecule has 0 spiro atoms. The normalized spacial score (nSPS) is 21.5. The van der Waals surface area contributed by atoms with Gasteiger partial charge in [0, 0.05) is 11.4 Å². The van der Waals surface area contributed by atoms with Crippen LogP contribution < -0.4 is 16.1 Å². The maximum atomic E-state index is 13.3. The lowest BCUT2D eigenvalue weighted by Gasteiger charge is -2.48. The first-order chi connectivity index (χ1) is 17.6. The van der Waals surface area contributed by atoms with Gasteiger partial charge in [0.1, 0.15) is 11.4 Å². The zero-order valence-electron chi connectivity index (χ0n) is 20.9. The van der Waals surface area contributed by atoms with Crippen molar-refractivity contribution >= 4 is 29.9 Å². The summed E-state index contributed by atoms with van der Waals surface area (Å²) in [5, 5.41) is 10.7. The third-order valence-electron chi connectivity index (χ3n) is 7.26. The van der Waals surface area contributed by atoms with Crippen molar-refractivity contribution in [3.63, 3.8) is 0 Å². The summed E-state index contributed by atoms with van der Waals surface area (Å²) >= 11 is 0. The summed E-state index contributed by atoms with van der Waals surface area (Å²) in [6, 6.07) is 20.7. The zero-order chi connectivity index (χ0) is 26.3. The number of hydrogen-bond acceptors (Lipinski definition) is 5. The zero-order valence-corrected chi connectivity index (χ0v) is 20.9. The van der Waals surface area contributed by atoms with Crippen molar-refractivity contribution in [2.24, 2.45) is 5.92 Å². The van der Waals surface area contributed by atoms with Gasteiger partial charge >= 0.3 is 7.12 Å². The Bertz CT molecular complexity index is 1290. The highest BCUT2D eigenvalue weighted by molar-refractivity contribution is 6.62. The fourth-order valence-corrected chi connectivity index (χ4v) is 4.94. The van der Waals surface area contributed by atoms with Crippen LogP contribution in [0.5, 0.6) is 0 Å². The second kappa shape index (κ2) is 9.69. The second-order valence-electron chi connectivity index (χ2n) is 10.2. The Balaban J connectivity index is 1.37. The number of aliphatic hydroxyl groups is 1. The molecule has 2 fully saturated rings. The number of nitrogen functional groups attached to an aromatic ring is 1. The van der Waals surface area contributed by atoms with Crippen molar-refractivity contribution in [3.05, 3.63) is 102 Å². The Morgan fingerprint density at radius 2 is 1.73 bits per heavy atom. The van der Waals surface area contributed by atoms with E-state index in [0.29, 0.717) is 29.9 Å². The summed E-state index contributed by atoms with van der Waals surface area (Å²) in [7, 11) is -0.533. The Kier molecular flexibility index (Phi) is 6.56. The van der Waals surface area contributed by atoms with Crippen LogP contribution in [0, 0.1) is 11.7 Å². The second-order valence-corrected chi connectivity index (χ2v) is 10.2. The molecule has 0 aliphatic carbocycles. The number of nitrogens with zero attached hydrogens (tertiary/aromatic N) is 1. The van der Waals surface area contributed by atoms with E-state index in [1.54, 1.807) is 29.2 Å². The molecule has 5 rings (SSSR count). The summed E-state index contributed by atoms with van der Waals surface area (Å²) in [6.45, 7) is 7.77. The molecule has 2 aliphatic heterocycles. The predicted molar refractivity (Wildman–Crippen MR) is 142 cm³/mol. The molecule has 3 atom stereocenters. The summed E-state index contributed by atoms with van der Waals surface area (Å²) in [5.74, 6) is -0.0867. The van der Waals surface area contributed by atoms with E-state index in [0.717, 1.165) is 16.7 Å². The number of β-lactam (4-membered cyclic amide) rings is 1. The molecular formula is C29H30BFN2O4. The van der Waals surface area contributed by atoms with Crippen molar-refractivity contribution in [2.45, 2.75) is 44.4 Å². The standard InChI is InChI=1S/C29H30BFN2O4/c1-18-29(2,3)37-30(36-18)21-8-4-20(5-9-21)27-25(16-17-26(34)19-6-10-22(31)11-7-19)28(35)33(27)24-14-12-23(32)13-15-24/h4-15,25-27,34H,1,16-17,32H2,2-3H3/t25-,26+,27-/m1/s1. The van der Waals surface area contributed by atoms with Gasteiger partial charge in [-0.2, -0.15) is 0 Å². The smallest absolute Gasteiger partial charge is 0.534 e. The Labute approximate surface area is 216 Å². The number of halogens is 1. The maximum Gasteiger partial charge on any atom is 0.563 e. The lowest BCUT2D eigenvalue weighted by atomic mass is 9.75. The van der Waals surface area contributed by atoms with Gasteiger partial charge in [0.2, 0.25) is 5.91 Å². The molecular weight excluding hydrogens is 470 g/mol. The van der Waals surface area contributed by atoms with Crippen molar-refractivity contribution in [3.8, 4) is 0 Å². The van der Waals surface area contributed by atoms with E-state index >= 15 is 0 Å². The molecule has 190 valence electrons. The summed E-state index contributed by atoms with van der Waals surface area (Å²) < 4.78 is 25.1. The van der Waals surface area contributed by atoms with Gasteiger partial charge in [-0.25, -0.2) is 4.39 Å². The monoisotopic (exact) mass is 500 g/mol. The molecule has 3 aromatic rings. The first kappa shape index (κ1) is 25.1. The molecule has 37 heavy (non-hydrogen) atoms. The van der Waals surface area contributed by atoms with E-state index in [2.05, 4.69) is 6.58 Å². The lowest BCUT2D eigenvalue weighted by molar-refractivity contribution is -0.131. The van der Waals surface area contributed by atoms with Gasteiger partial charge in [-0.3, -0.25) is 4.79 Å². The number of carbonyl (C=O) groups excluding carboxylic acids is 1. The van der Waals surface area contributed by atoms with Gasteiger partial charge in [0.05, 0.1) is 23.8 Å². The van der Waals surface area contributed by atoms with Crippen LogP contribution in [-0.2, 0) is 14.1 Å². The summed E-state index contributed by atoms with van der Waals surface area (Å²) in [6.07, 6.45) is 0.0840. The number of hydrogen-bond donors (Lipinski definition) is 2. The average molecular weight is 500 g/mol. The topological polar surface area (TPSA) is 85.0 Å². The first-order valence-electron chi connectivity index (χ1n) is 12.4. The van der Waals surface area contributed by atoms with Gasteiger partial charge in [0.15, 0.2) is 0 Å². The SMILES string of the molecule is C=C1OB(c2ccc([C@@H]3[C@@H](CC[C@H](O)c4ccc(F)cc4)C(=O)N3c3ccc(N)cc3)cc2)OC1(C)C. The van der Waals surface area contributed by atoms with E-state index in [1.165, 1.54) is 12.1 Å². The maximum absolute atomic E-state index is 13.3. The molecule has 2 aliphatic rings. The van der Waals surface area contributed by atoms with Crippen LogP contribution in [0.15, 0.2) is 85.1 Å². The molecule has 0 aromatic heterocycles. The quantitative estimate of drug-likeness (QED) is 0.280. The third-order valence-corrected chi connectivity index (χ3v) is 7.26. The van der Waals surface area contributed by atoms with Gasteiger partial charge in [0.25, 0.3) is 0 Å². The van der Waals surface area contributed by atoms with Crippen LogP contribution in [0.4, 0.5) is 15.8 Å². The van der Waals surface area contributed by atoms with Gasteiger partial charge in [-0.15, -0.1) is 0 Å². The van der Waals surface area contributed by atoms with E-state index in [4.69, 9.17) is 15.0 Å². The largest absolute Gasteiger partial charge is 0.563 e. The van der Waals surface area contributed by atoms with Crippen LogP contribution in [0.2, 0.25) is 0 Å². The van der Waals surface area contributed by atoms with E-state index in [1.807, 2.05) is 50.2 Å². The number of aliphatic hydroxyl groups excluding tert-OH is 1. The van der Waals surface area contributed by atoms with Gasteiger partial charge in [-0.05, 0) is 79.7 Å². The molecule has 3 aromatic carbocycles. The van der Waals surface area contributed by atoms with Crippen LogP contribution in [0.3, 0.4) is 0 Å². The highest BCUT2D eigenvalue weighted by Gasteiger charge is 2.49. The summed E-state index contributed by atoms with van der Waals surface area (Å²) in [5.41, 5.74) is 9.15. The van der Waals surface area contributed by atoms with Crippen LogP contribution in [-0.4, -0.2) is 23.7 Å². The number of anilines is 2. The minimum absolute atomic E-state index is 0.00865. The van der Waals surface area contributed by atoms with Crippen LogP contribution >= 0.6 is 0 Å². The highest BCUT2D eigenvalue weighted by Crippen LogP contribution is 2.46. The minimum Gasteiger partial charge on any atom is -0.534 e. The van der Waals surface area contributed by atoms with E-state index in [9.17, 15) is 14.3 Å². The van der Waals surface area contributed by atoms with Crippen molar-refractivity contribution in [2.75, 3.05) is 10.6 Å². The molecule has 8 heteroatoms. The molecule has 2 saturated heterocycles. The minimum atomic E-state index is -0.782. The average Bonchev–Trinajstić information content (AvgIpc) is 3.16. The molecule has 0 saturated carbocycles. The van der Waals surface area contributed by atoms with E-state index in [-0.39, 0.29) is 23.7 Å². The fraction of sp³-hybridized carbons (Fsp3) is 0.276. The van der Waals surface area contributed by atoms with Crippen molar-refractivity contribution in [1.82, 2.24) is 0 Å². The fourth-order valence-electron chi connectivity index (χ4n) is 4.94. The number of carbonyl (C=O) groups is 1. The molecule has 0 radical (unpaired) electrons. The molecule has 0 bridgehead atoms. The Hall–Kier alpha value is -3.62. The summed E-state index contributed by atoms with van der Waals surface area (Å²) in [4.78, 5) is 15.1. The molecule has 6 nitrogen and oxygen atoms in total. The van der Waals surface area contributed by atoms with Gasteiger partial charge in [-0.1, -0.05) is 43.0 Å². The molecule has 1 amide bonds. The van der Waals surface area contributed by atoms with Crippen molar-refractivity contribution < 1.29 is 23.6 Å². The Morgan fingerprint density at radius 3 is 2.32 bits per heavy atom. The molecule has 0 unspecified atom stereocenters. The van der Waals surface area contributed by atoms with Crippen LogP contribution in [0.1, 0.15) is 50.0 Å². The number of rotatable bonds is 7. The number of amides is 1. The first-order valence-corrected chi connectivity index (χ1v) is 12.4. The predicted octanol–water partition coefficient (Wildman–Crippen LogP) is 4.66.